The topological polar surface area (TPSA) is 113 Å². The molecule has 0 saturated carbocycles. The van der Waals surface area contributed by atoms with E-state index in [2.05, 4.69) is 20.9 Å². The van der Waals surface area contributed by atoms with Crippen LogP contribution in [0.5, 0.6) is 5.75 Å². The van der Waals surface area contributed by atoms with E-state index in [-0.39, 0.29) is 23.4 Å². The molecule has 0 aliphatic carbocycles. The molecule has 2 heterocycles. The van der Waals surface area contributed by atoms with Gasteiger partial charge < -0.3 is 9.47 Å². The van der Waals surface area contributed by atoms with Crippen molar-refractivity contribution in [1.82, 2.24) is 4.57 Å². The molecule has 12 heteroatoms. The minimum Gasteiger partial charge on any atom is -0.496 e. The molecule has 0 spiro atoms. The Balaban J connectivity index is 1.71. The monoisotopic (exact) mass is 679 g/mol. The first kappa shape index (κ1) is 30.5. The lowest BCUT2D eigenvalue weighted by Crippen LogP contribution is -2.40. The van der Waals surface area contributed by atoms with E-state index in [1.54, 1.807) is 51.3 Å². The number of carbonyl (C=O) groups is 1. The molecule has 5 rings (SSSR count). The molecule has 0 fully saturated rings. The number of ether oxygens (including phenoxy) is 2. The lowest BCUT2D eigenvalue weighted by atomic mass is 9.96. The van der Waals surface area contributed by atoms with Gasteiger partial charge in [-0.3, -0.25) is 19.5 Å². The van der Waals surface area contributed by atoms with E-state index < -0.39 is 16.9 Å². The first-order valence-electron chi connectivity index (χ1n) is 13.2. The molecule has 0 saturated heterocycles. The third kappa shape index (κ3) is 6.22. The second-order valence-electron chi connectivity index (χ2n) is 9.59. The lowest BCUT2D eigenvalue weighted by Gasteiger charge is -2.25. The number of hydrogen-bond acceptors (Lipinski definition) is 9. The number of fused-ring (bicyclic) bond motifs is 1. The summed E-state index contributed by atoms with van der Waals surface area (Å²) in [6, 6.07) is 17.1. The number of nitro groups is 1. The van der Waals surface area contributed by atoms with Crippen molar-refractivity contribution in [3.8, 4) is 5.75 Å². The molecule has 0 N–H and O–H groups in total. The standard InChI is InChI=1S/C31H26BrN3O6S2/c1-5-41-30(37)27-18(3)33-31-34(28(27)19-8-12-24(40-4)23(32)15-19)29(36)26(43-31)16-20-14-21(35(38)39)9-13-25(20)42-22-10-6-17(2)7-11-22/h6-16,28H,5H2,1-4H3/b26-16-/t28-/m1/s1. The number of rotatable bonds is 8. The van der Waals surface area contributed by atoms with Gasteiger partial charge in [-0.1, -0.05) is 46.9 Å². The molecule has 1 aliphatic rings. The van der Waals surface area contributed by atoms with Crippen molar-refractivity contribution in [2.45, 2.75) is 36.6 Å². The highest BCUT2D eigenvalue weighted by Crippen LogP contribution is 2.36. The number of nitro benzene ring substituents is 1. The molecule has 1 atom stereocenters. The summed E-state index contributed by atoms with van der Waals surface area (Å²) in [6.07, 6.45) is 1.65. The molecule has 0 radical (unpaired) electrons. The summed E-state index contributed by atoms with van der Waals surface area (Å²) in [5.41, 5.74) is 2.52. The average molecular weight is 681 g/mol. The summed E-state index contributed by atoms with van der Waals surface area (Å²) in [7, 11) is 1.55. The largest absolute Gasteiger partial charge is 0.496 e. The van der Waals surface area contributed by atoms with Crippen molar-refractivity contribution in [1.29, 1.82) is 0 Å². The van der Waals surface area contributed by atoms with Gasteiger partial charge in [0.25, 0.3) is 11.2 Å². The smallest absolute Gasteiger partial charge is 0.338 e. The number of allylic oxidation sites excluding steroid dienone is 1. The van der Waals surface area contributed by atoms with Gasteiger partial charge in [0.15, 0.2) is 4.80 Å². The molecule has 9 nitrogen and oxygen atoms in total. The van der Waals surface area contributed by atoms with E-state index in [0.717, 1.165) is 26.7 Å². The number of aromatic nitrogens is 1. The fourth-order valence-electron chi connectivity index (χ4n) is 4.69. The van der Waals surface area contributed by atoms with Crippen LogP contribution < -0.4 is 19.6 Å². The van der Waals surface area contributed by atoms with Crippen LogP contribution in [0.3, 0.4) is 0 Å². The summed E-state index contributed by atoms with van der Waals surface area (Å²) in [5, 5.41) is 11.6. The molecule has 3 aromatic carbocycles. The Morgan fingerprint density at radius 2 is 1.91 bits per heavy atom. The minimum atomic E-state index is -0.814. The van der Waals surface area contributed by atoms with Crippen molar-refractivity contribution < 1.29 is 19.2 Å². The number of aryl methyl sites for hydroxylation is 1. The van der Waals surface area contributed by atoms with Gasteiger partial charge in [-0.05, 0) is 84.2 Å². The lowest BCUT2D eigenvalue weighted by molar-refractivity contribution is -0.384. The molecular formula is C31H26BrN3O6S2. The van der Waals surface area contributed by atoms with Gasteiger partial charge in [-0.2, -0.15) is 0 Å². The molecule has 4 aromatic rings. The van der Waals surface area contributed by atoms with Crippen LogP contribution >= 0.6 is 39.0 Å². The molecule has 1 aromatic heterocycles. The van der Waals surface area contributed by atoms with Crippen LogP contribution in [-0.2, 0) is 9.53 Å². The minimum absolute atomic E-state index is 0.0892. The van der Waals surface area contributed by atoms with E-state index in [1.807, 2.05) is 31.2 Å². The van der Waals surface area contributed by atoms with Gasteiger partial charge in [0.2, 0.25) is 0 Å². The van der Waals surface area contributed by atoms with Crippen LogP contribution in [-0.4, -0.2) is 29.2 Å². The third-order valence-electron chi connectivity index (χ3n) is 6.75. The SMILES string of the molecule is CCOC(=O)C1=C(C)N=c2s/c(=C\c3cc([N+](=O)[O-])ccc3Sc3ccc(C)cc3)c(=O)n2[C@@H]1c1ccc(OC)c(Br)c1. The van der Waals surface area contributed by atoms with E-state index in [4.69, 9.17) is 9.47 Å². The van der Waals surface area contributed by atoms with Gasteiger partial charge in [0.1, 0.15) is 5.75 Å². The van der Waals surface area contributed by atoms with Crippen LogP contribution in [0.2, 0.25) is 0 Å². The van der Waals surface area contributed by atoms with Crippen molar-refractivity contribution in [2.24, 2.45) is 4.99 Å². The van der Waals surface area contributed by atoms with Gasteiger partial charge in [0, 0.05) is 21.9 Å². The zero-order chi connectivity index (χ0) is 30.8. The average Bonchev–Trinajstić information content (AvgIpc) is 3.28. The molecule has 0 bridgehead atoms. The normalized spacial score (nSPS) is 14.7. The fraction of sp³-hybridized carbons (Fsp3) is 0.194. The molecule has 1 aliphatic heterocycles. The summed E-state index contributed by atoms with van der Waals surface area (Å²) < 4.78 is 13.2. The Bertz CT molecular complexity index is 1960. The van der Waals surface area contributed by atoms with E-state index >= 15 is 0 Å². The number of benzene rings is 3. The maximum Gasteiger partial charge on any atom is 0.338 e. The van der Waals surface area contributed by atoms with Crippen molar-refractivity contribution in [3.63, 3.8) is 0 Å². The Kier molecular flexibility index (Phi) is 9.00. The Hall–Kier alpha value is -4.00. The van der Waals surface area contributed by atoms with Crippen LogP contribution in [0, 0.1) is 17.0 Å². The number of esters is 1. The second kappa shape index (κ2) is 12.7. The molecular weight excluding hydrogens is 654 g/mol. The summed E-state index contributed by atoms with van der Waals surface area (Å²) in [5.74, 6) is 0.0317. The molecule has 220 valence electrons. The maximum absolute atomic E-state index is 14.1. The van der Waals surface area contributed by atoms with Gasteiger partial charge in [-0.25, -0.2) is 9.79 Å². The summed E-state index contributed by atoms with van der Waals surface area (Å²) in [4.78, 5) is 45.2. The molecule has 0 unspecified atom stereocenters. The zero-order valence-corrected chi connectivity index (χ0v) is 26.8. The number of thiazole rings is 1. The van der Waals surface area contributed by atoms with E-state index in [1.165, 1.54) is 28.5 Å². The maximum atomic E-state index is 14.1. The Morgan fingerprint density at radius 3 is 2.56 bits per heavy atom. The third-order valence-corrected chi connectivity index (χ3v) is 9.45. The number of hydrogen-bond donors (Lipinski definition) is 0. The molecule has 0 amide bonds. The van der Waals surface area contributed by atoms with Gasteiger partial charge in [-0.15, -0.1) is 0 Å². The predicted octanol–water partition coefficient (Wildman–Crippen LogP) is 5.94. The van der Waals surface area contributed by atoms with E-state index in [0.29, 0.717) is 36.4 Å². The number of non-ortho nitro benzene ring substituents is 1. The Morgan fingerprint density at radius 1 is 1.16 bits per heavy atom. The van der Waals surface area contributed by atoms with E-state index in [9.17, 15) is 19.7 Å². The highest BCUT2D eigenvalue weighted by molar-refractivity contribution is 9.10. The highest BCUT2D eigenvalue weighted by Gasteiger charge is 2.33. The zero-order valence-electron chi connectivity index (χ0n) is 23.6. The highest BCUT2D eigenvalue weighted by atomic mass is 79.9. The quantitative estimate of drug-likeness (QED) is 0.129. The fourth-order valence-corrected chi connectivity index (χ4v) is 7.18. The van der Waals surface area contributed by atoms with Crippen LogP contribution in [0.15, 0.2) is 96.0 Å². The van der Waals surface area contributed by atoms with Crippen LogP contribution in [0.25, 0.3) is 6.08 Å². The first-order chi connectivity index (χ1) is 20.6. The Labute approximate surface area is 263 Å². The number of carbonyl (C=O) groups excluding carboxylic acids is 1. The predicted molar refractivity (Wildman–Crippen MR) is 169 cm³/mol. The summed E-state index contributed by atoms with van der Waals surface area (Å²) in [6.45, 7) is 5.59. The van der Waals surface area contributed by atoms with Crippen LogP contribution in [0.4, 0.5) is 5.69 Å². The van der Waals surface area contributed by atoms with Gasteiger partial charge >= 0.3 is 5.97 Å². The van der Waals surface area contributed by atoms with Crippen LogP contribution in [0.1, 0.15) is 36.6 Å². The van der Waals surface area contributed by atoms with Crippen molar-refractivity contribution in [3.05, 3.63) is 123 Å². The van der Waals surface area contributed by atoms with Gasteiger partial charge in [0.05, 0.1) is 45.0 Å². The summed E-state index contributed by atoms with van der Waals surface area (Å²) >= 11 is 6.12. The number of methoxy groups -OCH3 is 1. The number of halogens is 1. The van der Waals surface area contributed by atoms with Crippen molar-refractivity contribution in [2.75, 3.05) is 13.7 Å². The first-order valence-corrected chi connectivity index (χ1v) is 15.6. The number of nitrogens with zero attached hydrogens (tertiary/aromatic N) is 3. The molecule has 43 heavy (non-hydrogen) atoms. The second-order valence-corrected chi connectivity index (χ2v) is 12.6. The van der Waals surface area contributed by atoms with Crippen molar-refractivity contribution >= 4 is 56.8 Å².